The molecule has 2 aromatic rings. The number of benzene rings is 1. The Bertz CT molecular complexity index is 540. The normalized spacial score (nSPS) is 18.6. The second-order valence-corrected chi connectivity index (χ2v) is 5.52. The van der Waals surface area contributed by atoms with Crippen LogP contribution in [-0.4, -0.2) is 41.4 Å². The minimum atomic E-state index is 0. The van der Waals surface area contributed by atoms with E-state index in [0.717, 1.165) is 24.7 Å². The number of hydrogen-bond acceptors (Lipinski definition) is 3. The number of aromatic nitrogens is 2. The number of nitrogens with zero attached hydrogens (tertiary/aromatic N) is 3. The van der Waals surface area contributed by atoms with Crippen molar-refractivity contribution in [2.45, 2.75) is 13.0 Å². The van der Waals surface area contributed by atoms with Gasteiger partial charge in [0.25, 0.3) is 0 Å². The highest BCUT2D eigenvalue weighted by Crippen LogP contribution is 2.19. The summed E-state index contributed by atoms with van der Waals surface area (Å²) in [5.74, 6) is 0.785. The smallest absolute Gasteiger partial charge is 0.0649 e. The molecule has 1 aliphatic heterocycles. The van der Waals surface area contributed by atoms with Crippen LogP contribution in [-0.2, 0) is 6.54 Å². The average molecular weight is 307 g/mol. The fraction of sp³-hybridized carbons (Fsp3) is 0.438. The molecular formula is C16H23ClN4. The molecule has 1 fully saturated rings. The van der Waals surface area contributed by atoms with Gasteiger partial charge in [-0.1, -0.05) is 18.2 Å². The molecule has 0 amide bonds. The number of likely N-dealkylation sites (tertiary alicyclic amines) is 1. The van der Waals surface area contributed by atoms with Gasteiger partial charge in [0, 0.05) is 19.3 Å². The lowest BCUT2D eigenvalue weighted by Crippen LogP contribution is -2.25. The maximum atomic E-state index is 4.46. The summed E-state index contributed by atoms with van der Waals surface area (Å²) in [6.07, 6.45) is 3.18. The molecule has 1 aromatic heterocycles. The zero-order valence-corrected chi connectivity index (χ0v) is 13.2. The number of rotatable bonds is 5. The quantitative estimate of drug-likeness (QED) is 0.920. The SMILES string of the molecule is CNCC1CCN(Cc2ccnn2-c2ccccc2)C1.Cl. The molecule has 0 saturated carbocycles. The van der Waals surface area contributed by atoms with Crippen molar-refractivity contribution in [3.05, 3.63) is 48.3 Å². The summed E-state index contributed by atoms with van der Waals surface area (Å²) in [5.41, 5.74) is 2.40. The molecule has 0 aliphatic carbocycles. The molecule has 114 valence electrons. The fourth-order valence-electron chi connectivity index (χ4n) is 2.99. The molecule has 2 heterocycles. The highest BCUT2D eigenvalue weighted by atomic mass is 35.5. The van der Waals surface area contributed by atoms with Crippen LogP contribution in [0.5, 0.6) is 0 Å². The van der Waals surface area contributed by atoms with Gasteiger partial charge in [0.1, 0.15) is 0 Å². The highest BCUT2D eigenvalue weighted by molar-refractivity contribution is 5.85. The van der Waals surface area contributed by atoms with Gasteiger partial charge in [0.2, 0.25) is 0 Å². The Morgan fingerprint density at radius 1 is 1.24 bits per heavy atom. The Kier molecular flexibility index (Phi) is 5.79. The lowest BCUT2D eigenvalue weighted by molar-refractivity contribution is 0.308. The molecule has 0 spiro atoms. The van der Waals surface area contributed by atoms with Crippen molar-refractivity contribution in [3.63, 3.8) is 0 Å². The van der Waals surface area contributed by atoms with Crippen molar-refractivity contribution in [1.82, 2.24) is 20.0 Å². The molecule has 1 N–H and O–H groups in total. The molecule has 21 heavy (non-hydrogen) atoms. The molecule has 3 rings (SSSR count). The van der Waals surface area contributed by atoms with Gasteiger partial charge in [-0.3, -0.25) is 4.90 Å². The third-order valence-corrected chi connectivity index (χ3v) is 3.97. The van der Waals surface area contributed by atoms with Crippen LogP contribution in [0, 0.1) is 5.92 Å². The van der Waals surface area contributed by atoms with Crippen molar-refractivity contribution in [3.8, 4) is 5.69 Å². The Morgan fingerprint density at radius 2 is 2.05 bits per heavy atom. The summed E-state index contributed by atoms with van der Waals surface area (Å²) < 4.78 is 2.05. The summed E-state index contributed by atoms with van der Waals surface area (Å²) in [6, 6.07) is 12.5. The number of hydrogen-bond donors (Lipinski definition) is 1. The molecule has 1 unspecified atom stereocenters. The van der Waals surface area contributed by atoms with E-state index in [9.17, 15) is 0 Å². The van der Waals surface area contributed by atoms with Gasteiger partial charge >= 0.3 is 0 Å². The summed E-state index contributed by atoms with van der Waals surface area (Å²) in [5, 5.41) is 7.74. The second-order valence-electron chi connectivity index (χ2n) is 5.52. The largest absolute Gasteiger partial charge is 0.319 e. The third-order valence-electron chi connectivity index (χ3n) is 3.97. The van der Waals surface area contributed by atoms with Crippen LogP contribution in [0.1, 0.15) is 12.1 Å². The second kappa shape index (κ2) is 7.59. The molecule has 4 nitrogen and oxygen atoms in total. The van der Waals surface area contributed by atoms with Crippen LogP contribution in [0.15, 0.2) is 42.6 Å². The van der Waals surface area contributed by atoms with E-state index in [2.05, 4.69) is 45.6 Å². The van der Waals surface area contributed by atoms with Crippen LogP contribution < -0.4 is 5.32 Å². The molecule has 1 aliphatic rings. The summed E-state index contributed by atoms with van der Waals surface area (Å²) in [7, 11) is 2.03. The molecule has 1 saturated heterocycles. The third kappa shape index (κ3) is 3.84. The first kappa shape index (κ1) is 16.0. The van der Waals surface area contributed by atoms with E-state index < -0.39 is 0 Å². The van der Waals surface area contributed by atoms with E-state index in [1.807, 2.05) is 24.0 Å². The van der Waals surface area contributed by atoms with Crippen molar-refractivity contribution < 1.29 is 0 Å². The van der Waals surface area contributed by atoms with Crippen molar-refractivity contribution >= 4 is 12.4 Å². The summed E-state index contributed by atoms with van der Waals surface area (Å²) in [4.78, 5) is 2.53. The van der Waals surface area contributed by atoms with Crippen LogP contribution in [0.3, 0.4) is 0 Å². The summed E-state index contributed by atoms with van der Waals surface area (Å²) >= 11 is 0. The maximum absolute atomic E-state index is 4.46. The van der Waals surface area contributed by atoms with Gasteiger partial charge in [0.05, 0.1) is 11.4 Å². The molecular weight excluding hydrogens is 284 g/mol. The highest BCUT2D eigenvalue weighted by Gasteiger charge is 2.22. The van der Waals surface area contributed by atoms with Crippen LogP contribution >= 0.6 is 12.4 Å². The van der Waals surface area contributed by atoms with E-state index in [0.29, 0.717) is 0 Å². The monoisotopic (exact) mass is 306 g/mol. The lowest BCUT2D eigenvalue weighted by Gasteiger charge is -2.17. The minimum absolute atomic E-state index is 0. The van der Waals surface area contributed by atoms with E-state index in [1.54, 1.807) is 0 Å². The van der Waals surface area contributed by atoms with Crippen LogP contribution in [0.25, 0.3) is 5.69 Å². The molecule has 0 bridgehead atoms. The fourth-order valence-corrected chi connectivity index (χ4v) is 2.99. The van der Waals surface area contributed by atoms with E-state index in [4.69, 9.17) is 0 Å². The van der Waals surface area contributed by atoms with Crippen molar-refractivity contribution in [1.29, 1.82) is 0 Å². The van der Waals surface area contributed by atoms with E-state index in [-0.39, 0.29) is 12.4 Å². The van der Waals surface area contributed by atoms with Crippen LogP contribution in [0.4, 0.5) is 0 Å². The lowest BCUT2D eigenvalue weighted by atomic mass is 10.1. The molecule has 0 radical (unpaired) electrons. The van der Waals surface area contributed by atoms with Crippen molar-refractivity contribution in [2.24, 2.45) is 5.92 Å². The number of nitrogens with one attached hydrogen (secondary N) is 1. The predicted octanol–water partition coefficient (Wildman–Crippen LogP) is 2.34. The zero-order valence-electron chi connectivity index (χ0n) is 12.4. The standard InChI is InChI=1S/C16H22N4.ClH/c1-17-11-14-8-10-19(12-14)13-16-7-9-18-20(16)15-5-3-2-4-6-15;/h2-7,9,14,17H,8,10-13H2,1H3;1H. The molecule has 5 heteroatoms. The number of halogens is 1. The Hall–Kier alpha value is -1.36. The first-order valence-electron chi connectivity index (χ1n) is 7.32. The van der Waals surface area contributed by atoms with Gasteiger partial charge in [0.15, 0.2) is 0 Å². The van der Waals surface area contributed by atoms with Gasteiger partial charge in [-0.2, -0.15) is 5.10 Å². The van der Waals surface area contributed by atoms with Gasteiger partial charge in [-0.05, 0) is 50.7 Å². The average Bonchev–Trinajstić information content (AvgIpc) is 3.10. The Morgan fingerprint density at radius 3 is 2.81 bits per heavy atom. The predicted molar refractivity (Wildman–Crippen MR) is 88.1 cm³/mol. The Labute approximate surface area is 132 Å². The Balaban J connectivity index is 0.00000161. The van der Waals surface area contributed by atoms with E-state index in [1.165, 1.54) is 25.2 Å². The topological polar surface area (TPSA) is 33.1 Å². The van der Waals surface area contributed by atoms with E-state index >= 15 is 0 Å². The molecule has 1 atom stereocenters. The van der Waals surface area contributed by atoms with Gasteiger partial charge < -0.3 is 5.32 Å². The van der Waals surface area contributed by atoms with Crippen molar-refractivity contribution in [2.75, 3.05) is 26.7 Å². The van der Waals surface area contributed by atoms with Crippen LogP contribution in [0.2, 0.25) is 0 Å². The zero-order chi connectivity index (χ0) is 13.8. The maximum Gasteiger partial charge on any atom is 0.0649 e. The number of para-hydroxylation sites is 1. The first-order valence-corrected chi connectivity index (χ1v) is 7.32. The first-order chi connectivity index (χ1) is 9.86. The van der Waals surface area contributed by atoms with Gasteiger partial charge in [-0.25, -0.2) is 4.68 Å². The summed E-state index contributed by atoms with van der Waals surface area (Å²) in [6.45, 7) is 4.47. The molecule has 1 aromatic carbocycles. The van der Waals surface area contributed by atoms with Gasteiger partial charge in [-0.15, -0.1) is 12.4 Å². The minimum Gasteiger partial charge on any atom is -0.319 e.